The van der Waals surface area contributed by atoms with Crippen LogP contribution in [0.1, 0.15) is 5.56 Å². The van der Waals surface area contributed by atoms with E-state index in [1.54, 1.807) is 12.1 Å². The number of aliphatic hydroxyl groups excluding tert-OH is 1. The monoisotopic (exact) mass is 211 g/mol. The first-order valence-electron chi connectivity index (χ1n) is 4.45. The van der Waals surface area contributed by atoms with E-state index >= 15 is 0 Å². The zero-order chi connectivity index (χ0) is 11.4. The van der Waals surface area contributed by atoms with Gasteiger partial charge in [-0.05, 0) is 17.7 Å². The molecule has 0 bridgehead atoms. The number of carbonyl (C=O) groups is 1. The van der Waals surface area contributed by atoms with E-state index in [0.717, 1.165) is 5.56 Å². The van der Waals surface area contributed by atoms with Crippen LogP contribution in [0.25, 0.3) is 0 Å². The number of benzene rings is 1. The van der Waals surface area contributed by atoms with Gasteiger partial charge in [0.2, 0.25) is 0 Å². The SMILES string of the molecule is N[C@H](C(=O)O)C(O)Cc1ccc(O)cc1. The second-order valence-corrected chi connectivity index (χ2v) is 3.30. The molecule has 0 radical (unpaired) electrons. The van der Waals surface area contributed by atoms with Crippen molar-refractivity contribution in [3.05, 3.63) is 29.8 Å². The van der Waals surface area contributed by atoms with E-state index in [1.165, 1.54) is 12.1 Å². The maximum Gasteiger partial charge on any atom is 0.323 e. The summed E-state index contributed by atoms with van der Waals surface area (Å²) < 4.78 is 0. The Morgan fingerprint density at radius 2 is 1.87 bits per heavy atom. The van der Waals surface area contributed by atoms with Crippen molar-refractivity contribution in [2.75, 3.05) is 0 Å². The van der Waals surface area contributed by atoms with Gasteiger partial charge in [0.15, 0.2) is 0 Å². The standard InChI is InChI=1S/C10H13NO4/c11-9(10(14)15)8(13)5-6-1-3-7(12)4-2-6/h1-4,8-9,12-13H,5,11H2,(H,14,15)/t8?,9-/m0/s1. The van der Waals surface area contributed by atoms with Crippen molar-refractivity contribution in [2.45, 2.75) is 18.6 Å². The molecule has 0 aliphatic rings. The third-order valence-corrected chi connectivity index (χ3v) is 2.08. The predicted molar refractivity (Wildman–Crippen MR) is 53.4 cm³/mol. The third kappa shape index (κ3) is 3.23. The molecular weight excluding hydrogens is 198 g/mol. The molecule has 5 nitrogen and oxygen atoms in total. The molecule has 0 fully saturated rings. The zero-order valence-electron chi connectivity index (χ0n) is 8.00. The Morgan fingerprint density at radius 1 is 1.33 bits per heavy atom. The number of phenols is 1. The summed E-state index contributed by atoms with van der Waals surface area (Å²) in [5.41, 5.74) is 5.96. The van der Waals surface area contributed by atoms with Crippen molar-refractivity contribution in [3.63, 3.8) is 0 Å². The largest absolute Gasteiger partial charge is 0.508 e. The summed E-state index contributed by atoms with van der Waals surface area (Å²) in [6.45, 7) is 0. The van der Waals surface area contributed by atoms with Crippen molar-refractivity contribution in [1.82, 2.24) is 0 Å². The van der Waals surface area contributed by atoms with Crippen LogP contribution < -0.4 is 5.73 Å². The number of hydrogen-bond donors (Lipinski definition) is 4. The van der Waals surface area contributed by atoms with Crippen LogP contribution in [0, 0.1) is 0 Å². The number of aromatic hydroxyl groups is 1. The second kappa shape index (κ2) is 4.77. The van der Waals surface area contributed by atoms with Crippen molar-refractivity contribution in [3.8, 4) is 5.75 Å². The molecule has 82 valence electrons. The highest BCUT2D eigenvalue weighted by Gasteiger charge is 2.21. The number of aliphatic hydroxyl groups is 1. The van der Waals surface area contributed by atoms with Gasteiger partial charge in [-0.3, -0.25) is 4.79 Å². The summed E-state index contributed by atoms with van der Waals surface area (Å²) >= 11 is 0. The Morgan fingerprint density at radius 3 is 2.33 bits per heavy atom. The third-order valence-electron chi connectivity index (χ3n) is 2.08. The molecule has 5 heteroatoms. The smallest absolute Gasteiger partial charge is 0.323 e. The highest BCUT2D eigenvalue weighted by Crippen LogP contribution is 2.12. The van der Waals surface area contributed by atoms with E-state index in [4.69, 9.17) is 15.9 Å². The van der Waals surface area contributed by atoms with E-state index in [1.807, 2.05) is 0 Å². The van der Waals surface area contributed by atoms with Gasteiger partial charge in [0.25, 0.3) is 0 Å². The molecule has 0 aromatic heterocycles. The molecule has 0 heterocycles. The Hall–Kier alpha value is -1.59. The van der Waals surface area contributed by atoms with Crippen LogP contribution in [-0.4, -0.2) is 33.4 Å². The van der Waals surface area contributed by atoms with Crippen molar-refractivity contribution < 1.29 is 20.1 Å². The Labute approximate surface area is 86.8 Å². The van der Waals surface area contributed by atoms with Crippen LogP contribution in [0.2, 0.25) is 0 Å². The van der Waals surface area contributed by atoms with Crippen LogP contribution in [0.5, 0.6) is 5.75 Å². The summed E-state index contributed by atoms with van der Waals surface area (Å²) in [5, 5.41) is 27.0. The number of carboxylic acids is 1. The van der Waals surface area contributed by atoms with Gasteiger partial charge in [0, 0.05) is 6.42 Å². The number of aliphatic carboxylic acids is 1. The summed E-state index contributed by atoms with van der Waals surface area (Å²) in [6, 6.07) is 4.85. The minimum Gasteiger partial charge on any atom is -0.508 e. The molecule has 2 atom stereocenters. The highest BCUT2D eigenvalue weighted by molar-refractivity contribution is 5.73. The zero-order valence-corrected chi connectivity index (χ0v) is 8.00. The minimum absolute atomic E-state index is 0.121. The van der Waals surface area contributed by atoms with Gasteiger partial charge >= 0.3 is 5.97 Å². The minimum atomic E-state index is -1.29. The molecule has 0 aliphatic carbocycles. The van der Waals surface area contributed by atoms with E-state index in [9.17, 15) is 9.90 Å². The van der Waals surface area contributed by atoms with Gasteiger partial charge in [-0.2, -0.15) is 0 Å². The number of rotatable bonds is 4. The average molecular weight is 211 g/mol. The molecule has 1 unspecified atom stereocenters. The fourth-order valence-electron chi connectivity index (χ4n) is 1.17. The summed E-state index contributed by atoms with van der Waals surface area (Å²) in [4.78, 5) is 10.5. The summed E-state index contributed by atoms with van der Waals surface area (Å²) in [6.07, 6.45) is -0.986. The normalized spacial score (nSPS) is 14.5. The summed E-state index contributed by atoms with van der Waals surface area (Å²) in [7, 11) is 0. The van der Waals surface area contributed by atoms with Gasteiger partial charge in [0.1, 0.15) is 11.8 Å². The van der Waals surface area contributed by atoms with Gasteiger partial charge < -0.3 is 21.1 Å². The molecule has 0 saturated carbocycles. The van der Waals surface area contributed by atoms with Gasteiger partial charge in [-0.15, -0.1) is 0 Å². The average Bonchev–Trinajstić information content (AvgIpc) is 2.20. The van der Waals surface area contributed by atoms with Crippen LogP contribution in [0.15, 0.2) is 24.3 Å². The first-order chi connectivity index (χ1) is 7.00. The van der Waals surface area contributed by atoms with Crippen LogP contribution in [-0.2, 0) is 11.2 Å². The lowest BCUT2D eigenvalue weighted by Gasteiger charge is -2.14. The second-order valence-electron chi connectivity index (χ2n) is 3.30. The predicted octanol–water partition coefficient (Wildman–Crippen LogP) is -0.292. The highest BCUT2D eigenvalue weighted by atomic mass is 16.4. The van der Waals surface area contributed by atoms with E-state index in [-0.39, 0.29) is 12.2 Å². The molecular formula is C10H13NO4. The maximum atomic E-state index is 10.5. The van der Waals surface area contributed by atoms with Crippen molar-refractivity contribution in [2.24, 2.45) is 5.73 Å². The molecule has 5 N–H and O–H groups in total. The lowest BCUT2D eigenvalue weighted by Crippen LogP contribution is -2.42. The first-order valence-corrected chi connectivity index (χ1v) is 4.45. The molecule has 15 heavy (non-hydrogen) atoms. The van der Waals surface area contributed by atoms with Gasteiger partial charge in [0.05, 0.1) is 6.10 Å². The van der Waals surface area contributed by atoms with E-state index in [0.29, 0.717) is 0 Å². The topological polar surface area (TPSA) is 104 Å². The number of nitrogens with two attached hydrogens (primary N) is 1. The number of hydrogen-bond acceptors (Lipinski definition) is 4. The van der Waals surface area contributed by atoms with Crippen molar-refractivity contribution in [1.29, 1.82) is 0 Å². The summed E-state index contributed by atoms with van der Waals surface area (Å²) in [5.74, 6) is -1.11. The molecule has 1 rings (SSSR count). The fraction of sp³-hybridized carbons (Fsp3) is 0.300. The van der Waals surface area contributed by atoms with Gasteiger partial charge in [-0.25, -0.2) is 0 Å². The van der Waals surface area contributed by atoms with Crippen LogP contribution in [0.3, 0.4) is 0 Å². The lowest BCUT2D eigenvalue weighted by atomic mass is 10.0. The van der Waals surface area contributed by atoms with Crippen molar-refractivity contribution >= 4 is 5.97 Å². The molecule has 0 aliphatic heterocycles. The fourth-order valence-corrected chi connectivity index (χ4v) is 1.17. The Kier molecular flexibility index (Phi) is 3.65. The molecule has 1 aromatic rings. The molecule has 0 amide bonds. The number of phenolic OH excluding ortho intramolecular Hbond substituents is 1. The quantitative estimate of drug-likeness (QED) is 0.547. The molecule has 0 saturated heterocycles. The maximum absolute atomic E-state index is 10.5. The lowest BCUT2D eigenvalue weighted by molar-refractivity contribution is -0.141. The van der Waals surface area contributed by atoms with Crippen LogP contribution >= 0.6 is 0 Å². The molecule has 0 spiro atoms. The van der Waals surface area contributed by atoms with E-state index in [2.05, 4.69) is 0 Å². The number of carboxylic acid groups (broad SMARTS) is 1. The molecule has 1 aromatic carbocycles. The Balaban J connectivity index is 2.62. The van der Waals surface area contributed by atoms with Gasteiger partial charge in [-0.1, -0.05) is 12.1 Å². The Bertz CT molecular complexity index is 336. The van der Waals surface area contributed by atoms with Crippen LogP contribution in [0.4, 0.5) is 0 Å². The first kappa shape index (κ1) is 11.5. The van der Waals surface area contributed by atoms with E-state index < -0.39 is 18.1 Å².